The van der Waals surface area contributed by atoms with Crippen LogP contribution in [0.15, 0.2) is 71.1 Å². The highest BCUT2D eigenvalue weighted by atomic mass is 32.2. The second-order valence-electron chi connectivity index (χ2n) is 7.19. The fraction of sp³-hybridized carbons (Fsp3) is 0.304. The number of amides is 1. The summed E-state index contributed by atoms with van der Waals surface area (Å²) in [6.07, 6.45) is 7.59. The molecule has 1 N–H and O–H groups in total. The van der Waals surface area contributed by atoms with Crippen molar-refractivity contribution in [3.05, 3.63) is 71.8 Å². The molecule has 6 nitrogen and oxygen atoms in total. The van der Waals surface area contributed by atoms with Crippen LogP contribution in [0, 0.1) is 11.3 Å². The molecule has 2 aromatic rings. The van der Waals surface area contributed by atoms with Crippen molar-refractivity contribution in [1.82, 2.24) is 5.32 Å². The van der Waals surface area contributed by atoms with Crippen LogP contribution >= 0.6 is 0 Å². The average molecular weight is 424 g/mol. The molecule has 1 amide bonds. The molecular formula is C23H25N3O3S. The molecule has 1 aliphatic rings. The summed E-state index contributed by atoms with van der Waals surface area (Å²) in [6, 6.07) is 16.2. The van der Waals surface area contributed by atoms with Crippen LogP contribution in [-0.2, 0) is 14.8 Å². The number of sulfonamides is 1. The van der Waals surface area contributed by atoms with Crippen molar-refractivity contribution in [3.63, 3.8) is 0 Å². The number of rotatable bonds is 8. The predicted molar refractivity (Wildman–Crippen MR) is 116 cm³/mol. The number of hydrogen-bond donors (Lipinski definition) is 1. The lowest BCUT2D eigenvalue weighted by atomic mass is 9.97. The Bertz CT molecular complexity index is 1040. The fourth-order valence-corrected chi connectivity index (χ4v) is 4.84. The van der Waals surface area contributed by atoms with E-state index in [1.165, 1.54) is 42.7 Å². The Balaban J connectivity index is 1.74. The first kappa shape index (κ1) is 21.6. The highest BCUT2D eigenvalue weighted by Crippen LogP contribution is 2.24. The van der Waals surface area contributed by atoms with E-state index in [2.05, 4.69) is 11.4 Å². The predicted octanol–water partition coefficient (Wildman–Crippen LogP) is 3.76. The zero-order valence-electron chi connectivity index (χ0n) is 16.8. The Morgan fingerprint density at radius 1 is 1.07 bits per heavy atom. The summed E-state index contributed by atoms with van der Waals surface area (Å²) in [4.78, 5) is 12.6. The van der Waals surface area contributed by atoms with Crippen LogP contribution in [0.2, 0.25) is 0 Å². The minimum Gasteiger partial charge on any atom is -0.354 e. The molecule has 0 saturated carbocycles. The molecule has 30 heavy (non-hydrogen) atoms. The maximum atomic E-state index is 13.2. The molecule has 0 heterocycles. The van der Waals surface area contributed by atoms with Gasteiger partial charge in [0.25, 0.3) is 10.0 Å². The number of benzene rings is 2. The normalized spacial score (nSPS) is 13.8. The molecule has 0 aromatic heterocycles. The molecule has 0 bridgehead atoms. The van der Waals surface area contributed by atoms with Gasteiger partial charge in [0.15, 0.2) is 0 Å². The van der Waals surface area contributed by atoms with Gasteiger partial charge in [0.1, 0.15) is 6.54 Å². The number of anilines is 1. The lowest BCUT2D eigenvalue weighted by Crippen LogP contribution is -2.41. The smallest absolute Gasteiger partial charge is 0.264 e. The molecule has 0 radical (unpaired) electrons. The highest BCUT2D eigenvalue weighted by Gasteiger charge is 2.27. The number of carbonyl (C=O) groups excluding carboxylic acids is 1. The lowest BCUT2D eigenvalue weighted by Gasteiger charge is -2.24. The third kappa shape index (κ3) is 5.49. The Kier molecular flexibility index (Phi) is 7.26. The zero-order chi connectivity index (χ0) is 21.4. The molecule has 0 spiro atoms. The topological polar surface area (TPSA) is 90.3 Å². The van der Waals surface area contributed by atoms with E-state index in [9.17, 15) is 13.2 Å². The minimum absolute atomic E-state index is 0.0329. The molecular weight excluding hydrogens is 398 g/mol. The largest absolute Gasteiger partial charge is 0.354 e. The Morgan fingerprint density at radius 3 is 2.43 bits per heavy atom. The van der Waals surface area contributed by atoms with Gasteiger partial charge >= 0.3 is 0 Å². The van der Waals surface area contributed by atoms with Crippen LogP contribution in [0.3, 0.4) is 0 Å². The standard InChI is InChI=1S/C23H25N3O3S/c24-17-20-11-13-22(14-12-20)30(28,29)26(21-9-5-2-6-10-21)18-23(27)25-16-15-19-7-3-1-4-8-19/h2,5-7,9-14H,1,3-4,8,15-16,18H2,(H,25,27). The molecule has 0 atom stereocenters. The van der Waals surface area contributed by atoms with E-state index < -0.39 is 10.0 Å². The third-order valence-corrected chi connectivity index (χ3v) is 6.84. The maximum Gasteiger partial charge on any atom is 0.264 e. The van der Waals surface area contributed by atoms with Gasteiger partial charge in [0, 0.05) is 6.54 Å². The quantitative estimate of drug-likeness (QED) is 0.655. The van der Waals surface area contributed by atoms with E-state index in [1.54, 1.807) is 30.3 Å². The van der Waals surface area contributed by atoms with Crippen molar-refractivity contribution < 1.29 is 13.2 Å². The van der Waals surface area contributed by atoms with Crippen molar-refractivity contribution >= 4 is 21.6 Å². The Morgan fingerprint density at radius 2 is 1.80 bits per heavy atom. The van der Waals surface area contributed by atoms with Gasteiger partial charge in [-0.3, -0.25) is 9.10 Å². The summed E-state index contributed by atoms with van der Waals surface area (Å²) in [5.41, 5.74) is 2.13. The average Bonchev–Trinajstić information content (AvgIpc) is 2.78. The van der Waals surface area contributed by atoms with Gasteiger partial charge < -0.3 is 5.32 Å². The van der Waals surface area contributed by atoms with Crippen LogP contribution in [0.4, 0.5) is 5.69 Å². The fourth-order valence-electron chi connectivity index (χ4n) is 3.42. The van der Waals surface area contributed by atoms with E-state index >= 15 is 0 Å². The van der Waals surface area contributed by atoms with Crippen molar-refractivity contribution in [3.8, 4) is 6.07 Å². The number of para-hydroxylation sites is 1. The van der Waals surface area contributed by atoms with Gasteiger partial charge in [0.05, 0.1) is 22.2 Å². The van der Waals surface area contributed by atoms with Crippen molar-refractivity contribution in [1.29, 1.82) is 5.26 Å². The minimum atomic E-state index is -3.97. The second kappa shape index (κ2) is 10.1. The Labute approximate surface area is 177 Å². The number of hydrogen-bond acceptors (Lipinski definition) is 4. The van der Waals surface area contributed by atoms with Gasteiger partial charge in [0.2, 0.25) is 5.91 Å². The molecule has 3 rings (SSSR count). The number of carbonyl (C=O) groups is 1. The summed E-state index contributed by atoms with van der Waals surface area (Å²) in [7, 11) is -3.97. The number of nitrogens with one attached hydrogen (secondary N) is 1. The van der Waals surface area contributed by atoms with E-state index in [-0.39, 0.29) is 17.3 Å². The number of allylic oxidation sites excluding steroid dienone is 1. The van der Waals surface area contributed by atoms with Crippen molar-refractivity contribution in [2.75, 3.05) is 17.4 Å². The molecule has 0 unspecified atom stereocenters. The van der Waals surface area contributed by atoms with E-state index in [1.807, 2.05) is 6.07 Å². The molecule has 0 saturated heterocycles. The molecule has 0 fully saturated rings. The van der Waals surface area contributed by atoms with Gasteiger partial charge in [-0.2, -0.15) is 5.26 Å². The SMILES string of the molecule is N#Cc1ccc(S(=O)(=O)N(CC(=O)NCCC2=CCCCC2)c2ccccc2)cc1. The van der Waals surface area contributed by atoms with E-state index in [0.717, 1.165) is 23.6 Å². The molecule has 2 aromatic carbocycles. The summed E-state index contributed by atoms with van der Waals surface area (Å²) in [6.45, 7) is 0.176. The van der Waals surface area contributed by atoms with Gasteiger partial charge in [-0.15, -0.1) is 0 Å². The number of nitriles is 1. The first-order valence-electron chi connectivity index (χ1n) is 10.0. The van der Waals surface area contributed by atoms with Crippen molar-refractivity contribution in [2.45, 2.75) is 37.0 Å². The first-order valence-corrected chi connectivity index (χ1v) is 11.5. The molecule has 1 aliphatic carbocycles. The summed E-state index contributed by atoms with van der Waals surface area (Å²) >= 11 is 0. The monoisotopic (exact) mass is 423 g/mol. The first-order chi connectivity index (χ1) is 14.5. The van der Waals surface area contributed by atoms with Crippen LogP contribution in [0.1, 0.15) is 37.7 Å². The van der Waals surface area contributed by atoms with Gasteiger partial charge in [-0.25, -0.2) is 8.42 Å². The van der Waals surface area contributed by atoms with E-state index in [4.69, 9.17) is 5.26 Å². The molecule has 7 heteroatoms. The van der Waals surface area contributed by atoms with Crippen molar-refractivity contribution in [2.24, 2.45) is 0 Å². The van der Waals surface area contributed by atoms with Crippen LogP contribution in [-0.4, -0.2) is 27.4 Å². The van der Waals surface area contributed by atoms with Crippen LogP contribution in [0.25, 0.3) is 0 Å². The van der Waals surface area contributed by atoms with Gasteiger partial charge in [-0.05, 0) is 68.5 Å². The van der Waals surface area contributed by atoms with Gasteiger partial charge in [-0.1, -0.05) is 29.8 Å². The summed E-state index contributed by atoms with van der Waals surface area (Å²) < 4.78 is 27.6. The zero-order valence-corrected chi connectivity index (χ0v) is 17.6. The molecule has 156 valence electrons. The van der Waals surface area contributed by atoms with E-state index in [0.29, 0.717) is 17.8 Å². The van der Waals surface area contributed by atoms with Crippen LogP contribution < -0.4 is 9.62 Å². The summed E-state index contributed by atoms with van der Waals surface area (Å²) in [5, 5.41) is 11.8. The Hall–Kier alpha value is -3.11. The second-order valence-corrected chi connectivity index (χ2v) is 9.05. The van der Waals surface area contributed by atoms with Crippen LogP contribution in [0.5, 0.6) is 0 Å². The molecule has 0 aliphatic heterocycles. The maximum absolute atomic E-state index is 13.2. The summed E-state index contributed by atoms with van der Waals surface area (Å²) in [5.74, 6) is -0.354. The highest BCUT2D eigenvalue weighted by molar-refractivity contribution is 7.92. The lowest BCUT2D eigenvalue weighted by molar-refractivity contribution is -0.119. The third-order valence-electron chi connectivity index (χ3n) is 5.06. The number of nitrogens with zero attached hydrogens (tertiary/aromatic N) is 2.